The fraction of sp³-hybridized carbons (Fsp3) is 1.00. The smallest absolute Gasteiger partial charge is 0.211 e. The van der Waals surface area contributed by atoms with Crippen molar-refractivity contribution in [3.8, 4) is 0 Å². The van der Waals surface area contributed by atoms with E-state index >= 15 is 0 Å². The first-order valence-electron chi connectivity index (χ1n) is 15.1. The second-order valence-electron chi connectivity index (χ2n) is 12.3. The molecule has 43 heavy (non-hydrogen) atoms. The zero-order valence-electron chi connectivity index (χ0n) is 26.4. The Morgan fingerprint density at radius 3 is 1.30 bits per heavy atom. The van der Waals surface area contributed by atoms with Crippen molar-refractivity contribution in [2.45, 2.75) is 90.4 Å². The number of ether oxygens (including phenoxy) is 1. The van der Waals surface area contributed by atoms with Crippen molar-refractivity contribution in [3.05, 3.63) is 0 Å². The first-order chi connectivity index (χ1) is 19.3. The van der Waals surface area contributed by atoms with Gasteiger partial charge >= 0.3 is 0 Å². The van der Waals surface area contributed by atoms with Gasteiger partial charge in [-0.2, -0.15) is 0 Å². The van der Waals surface area contributed by atoms with Crippen LogP contribution in [0, 0.1) is 11.8 Å². The van der Waals surface area contributed by atoms with Crippen molar-refractivity contribution in [1.29, 1.82) is 0 Å². The standard InChI is InChI=1S/C8H17NO2S.C7H14O3S.C6H13NO2S.C6H12O2S.CH4/c1-8(12(2,10)11)9-6-4-3-5-7-9;1-11(8,9)6-7-2-4-10-5-3-7;1-10(8,9)7-5-3-2-4-6-7;1-9(7,8)5-6-3-2-4-6;/h8H,3-7H2,1-2H3;7H,2-6H2,1H3;2-6H2,1H3;6H,2-5H2,1H3;1H4. The van der Waals surface area contributed by atoms with E-state index in [4.69, 9.17) is 4.74 Å². The number of sulfonamides is 1. The Labute approximate surface area is 264 Å². The molecule has 11 nitrogen and oxygen atoms in total. The van der Waals surface area contributed by atoms with E-state index in [0.29, 0.717) is 23.3 Å². The molecule has 15 heteroatoms. The van der Waals surface area contributed by atoms with E-state index in [1.54, 1.807) is 11.2 Å². The van der Waals surface area contributed by atoms with Crippen molar-refractivity contribution >= 4 is 39.5 Å². The highest BCUT2D eigenvalue weighted by molar-refractivity contribution is 7.91. The number of likely N-dealkylation sites (tertiary alicyclic amines) is 1. The van der Waals surface area contributed by atoms with E-state index in [0.717, 1.165) is 90.8 Å². The molecule has 0 aromatic rings. The lowest BCUT2D eigenvalue weighted by molar-refractivity contribution is 0.0724. The predicted molar refractivity (Wildman–Crippen MR) is 177 cm³/mol. The van der Waals surface area contributed by atoms with Crippen LogP contribution in [0.25, 0.3) is 0 Å². The number of sulfone groups is 3. The minimum Gasteiger partial charge on any atom is -0.381 e. The van der Waals surface area contributed by atoms with Crippen LogP contribution in [0.2, 0.25) is 0 Å². The fourth-order valence-electron chi connectivity index (χ4n) is 5.18. The molecule has 0 bridgehead atoms. The largest absolute Gasteiger partial charge is 0.381 e. The third-order valence-corrected chi connectivity index (χ3v) is 12.9. The van der Waals surface area contributed by atoms with E-state index in [1.165, 1.54) is 44.3 Å². The summed E-state index contributed by atoms with van der Waals surface area (Å²) in [5, 5.41) is -0.294. The third kappa shape index (κ3) is 21.2. The van der Waals surface area contributed by atoms with Crippen LogP contribution in [0.15, 0.2) is 0 Å². The van der Waals surface area contributed by atoms with Gasteiger partial charge in [0, 0.05) is 45.1 Å². The van der Waals surface area contributed by atoms with Crippen molar-refractivity contribution in [1.82, 2.24) is 9.21 Å². The second kappa shape index (κ2) is 20.0. The second-order valence-corrected chi connectivity index (χ2v) is 21.0. The summed E-state index contributed by atoms with van der Waals surface area (Å²) in [4.78, 5) is 2.05. The summed E-state index contributed by atoms with van der Waals surface area (Å²) >= 11 is 0. The zero-order chi connectivity index (χ0) is 32.0. The molecule has 1 atom stereocenters. The Bertz CT molecular complexity index is 1180. The molecule has 4 fully saturated rings. The molecule has 0 aromatic heterocycles. The first-order valence-corrected chi connectivity index (χ1v) is 23.0. The van der Waals surface area contributed by atoms with Gasteiger partial charge in [-0.05, 0) is 83.2 Å². The van der Waals surface area contributed by atoms with E-state index in [-0.39, 0.29) is 12.8 Å². The van der Waals surface area contributed by atoms with Gasteiger partial charge in [-0.25, -0.2) is 38.0 Å². The molecule has 3 heterocycles. The SMILES string of the molecule is C.CC(N1CCCCC1)S(C)(=O)=O.CS(=O)(=O)CC1CCC1.CS(=O)(=O)CC1CCOCC1.CS(=O)(=O)N1CCCCC1. The molecule has 0 amide bonds. The lowest BCUT2D eigenvalue weighted by Crippen LogP contribution is -2.41. The molecular formula is C28H60N2O9S4. The number of hydrogen-bond acceptors (Lipinski definition) is 10. The van der Waals surface area contributed by atoms with E-state index < -0.39 is 39.5 Å². The molecule has 4 rings (SSSR count). The Morgan fingerprint density at radius 1 is 0.605 bits per heavy atom. The van der Waals surface area contributed by atoms with Gasteiger partial charge in [-0.15, -0.1) is 0 Å². The van der Waals surface area contributed by atoms with Crippen LogP contribution in [-0.4, -0.2) is 124 Å². The molecule has 0 radical (unpaired) electrons. The monoisotopic (exact) mass is 696 g/mol. The summed E-state index contributed by atoms with van der Waals surface area (Å²) in [6.45, 7) is 6.54. The lowest BCUT2D eigenvalue weighted by atomic mass is 9.87. The summed E-state index contributed by atoms with van der Waals surface area (Å²) in [7, 11) is -11.2. The summed E-state index contributed by atoms with van der Waals surface area (Å²) in [6.07, 6.45) is 17.2. The molecule has 1 unspecified atom stereocenters. The van der Waals surface area contributed by atoms with Gasteiger partial charge in [0.05, 0.1) is 17.8 Å². The van der Waals surface area contributed by atoms with Crippen molar-refractivity contribution in [2.24, 2.45) is 11.8 Å². The van der Waals surface area contributed by atoms with Crippen LogP contribution >= 0.6 is 0 Å². The summed E-state index contributed by atoms with van der Waals surface area (Å²) in [5.74, 6) is 1.56. The molecule has 0 N–H and O–H groups in total. The van der Waals surface area contributed by atoms with E-state index in [9.17, 15) is 33.7 Å². The van der Waals surface area contributed by atoms with Gasteiger partial charge in [0.15, 0.2) is 9.84 Å². The molecule has 260 valence electrons. The van der Waals surface area contributed by atoms with Gasteiger partial charge in [0.1, 0.15) is 25.0 Å². The zero-order valence-corrected chi connectivity index (χ0v) is 29.6. The third-order valence-electron chi connectivity index (χ3n) is 7.95. The molecular weight excluding hydrogens is 637 g/mol. The molecule has 0 spiro atoms. The number of hydrogen-bond donors (Lipinski definition) is 0. The summed E-state index contributed by atoms with van der Waals surface area (Å²) in [6, 6.07) is 0. The van der Waals surface area contributed by atoms with Crippen LogP contribution in [0.3, 0.4) is 0 Å². The maximum Gasteiger partial charge on any atom is 0.211 e. The van der Waals surface area contributed by atoms with Crippen molar-refractivity contribution < 1.29 is 38.4 Å². The van der Waals surface area contributed by atoms with Crippen LogP contribution < -0.4 is 0 Å². The van der Waals surface area contributed by atoms with Crippen LogP contribution in [0.1, 0.15) is 85.0 Å². The van der Waals surface area contributed by atoms with Gasteiger partial charge in [-0.1, -0.05) is 26.7 Å². The summed E-state index contributed by atoms with van der Waals surface area (Å²) in [5.41, 5.74) is 0. The molecule has 3 aliphatic heterocycles. The Balaban J connectivity index is 0.000000545. The maximum absolute atomic E-state index is 11.2. The van der Waals surface area contributed by atoms with E-state index in [1.807, 2.05) is 0 Å². The van der Waals surface area contributed by atoms with Crippen molar-refractivity contribution in [2.75, 3.05) is 75.9 Å². The highest BCUT2D eigenvalue weighted by Crippen LogP contribution is 2.27. The number of rotatable bonds is 7. The Hall–Kier alpha value is -0.320. The van der Waals surface area contributed by atoms with Crippen LogP contribution in [0.4, 0.5) is 0 Å². The number of nitrogens with zero attached hydrogens (tertiary/aromatic N) is 2. The average Bonchev–Trinajstić information content (AvgIpc) is 2.86. The molecule has 1 saturated carbocycles. The Kier molecular flexibility index (Phi) is 19.9. The predicted octanol–water partition coefficient (Wildman–Crippen LogP) is 3.22. The normalized spacial score (nSPS) is 22.1. The molecule has 0 aromatic carbocycles. The van der Waals surface area contributed by atoms with Crippen molar-refractivity contribution in [3.63, 3.8) is 0 Å². The summed E-state index contributed by atoms with van der Waals surface area (Å²) < 4.78 is 93.9. The van der Waals surface area contributed by atoms with Crippen LogP contribution in [-0.2, 0) is 44.3 Å². The molecule has 4 aliphatic rings. The van der Waals surface area contributed by atoms with Crippen LogP contribution in [0.5, 0.6) is 0 Å². The maximum atomic E-state index is 11.2. The Morgan fingerprint density at radius 2 is 1.00 bits per heavy atom. The molecule has 1 aliphatic carbocycles. The lowest BCUT2D eigenvalue weighted by Gasteiger charge is -2.30. The van der Waals surface area contributed by atoms with Gasteiger partial charge in [-0.3, -0.25) is 4.90 Å². The fourth-order valence-corrected chi connectivity index (χ4v) is 9.23. The average molecular weight is 697 g/mol. The minimum atomic E-state index is -2.89. The van der Waals surface area contributed by atoms with E-state index in [2.05, 4.69) is 4.90 Å². The van der Waals surface area contributed by atoms with Gasteiger partial charge in [0.2, 0.25) is 10.0 Å². The highest BCUT2D eigenvalue weighted by Gasteiger charge is 2.24. The van der Waals surface area contributed by atoms with Gasteiger partial charge < -0.3 is 4.74 Å². The highest BCUT2D eigenvalue weighted by atomic mass is 32.2. The first kappa shape index (κ1) is 42.7. The minimum absolute atomic E-state index is 0. The number of piperidine rings is 2. The van der Waals surface area contributed by atoms with Gasteiger partial charge in [0.25, 0.3) is 0 Å². The molecule has 3 saturated heterocycles. The quantitative estimate of drug-likeness (QED) is 0.388. The topological polar surface area (TPSA) is 152 Å².